The number of hydrogen-bond acceptors (Lipinski definition) is 3. The van der Waals surface area contributed by atoms with E-state index in [4.69, 9.17) is 4.42 Å². The fourth-order valence-corrected chi connectivity index (χ4v) is 1.82. The Morgan fingerprint density at radius 1 is 1.17 bits per heavy atom. The first-order chi connectivity index (χ1) is 8.76. The number of furan rings is 1. The Morgan fingerprint density at radius 2 is 2.06 bits per heavy atom. The van der Waals surface area contributed by atoms with Crippen LogP contribution >= 0.6 is 0 Å². The molecule has 3 rings (SSSR count). The lowest BCUT2D eigenvalue weighted by Gasteiger charge is -2.00. The van der Waals surface area contributed by atoms with E-state index in [1.165, 1.54) is 12.3 Å². The van der Waals surface area contributed by atoms with Gasteiger partial charge in [-0.15, -0.1) is 0 Å². The summed E-state index contributed by atoms with van der Waals surface area (Å²) in [5, 5.41) is 0.723. The third-order valence-electron chi connectivity index (χ3n) is 2.68. The van der Waals surface area contributed by atoms with Crippen LogP contribution < -0.4 is 0 Å². The van der Waals surface area contributed by atoms with Gasteiger partial charge in [0.1, 0.15) is 11.6 Å². The van der Waals surface area contributed by atoms with E-state index in [2.05, 4.69) is 4.98 Å². The minimum Gasteiger partial charge on any atom is -0.453 e. The first-order valence-electron chi connectivity index (χ1n) is 5.37. The number of carbonyl (C=O) groups excluding carboxylic acids is 1. The second-order valence-corrected chi connectivity index (χ2v) is 3.88. The standard InChI is InChI=1S/C14H8FNO2/c15-11-5-9-1-2-10(6-13(9)16-7-11)14-4-3-12(8-17)18-14/h1-8H. The highest BCUT2D eigenvalue weighted by Crippen LogP contribution is 2.25. The monoisotopic (exact) mass is 241 g/mol. The number of halogens is 1. The quantitative estimate of drug-likeness (QED) is 0.645. The molecule has 0 atom stereocenters. The van der Waals surface area contributed by atoms with Crippen molar-refractivity contribution in [1.29, 1.82) is 0 Å². The van der Waals surface area contributed by atoms with Gasteiger partial charge in [-0.05, 0) is 24.3 Å². The van der Waals surface area contributed by atoms with Gasteiger partial charge in [-0.25, -0.2) is 4.39 Å². The van der Waals surface area contributed by atoms with Crippen molar-refractivity contribution in [3.63, 3.8) is 0 Å². The van der Waals surface area contributed by atoms with E-state index in [9.17, 15) is 9.18 Å². The average Bonchev–Trinajstić information content (AvgIpc) is 2.87. The van der Waals surface area contributed by atoms with Crippen molar-refractivity contribution in [2.24, 2.45) is 0 Å². The molecule has 0 saturated heterocycles. The summed E-state index contributed by atoms with van der Waals surface area (Å²) in [4.78, 5) is 14.6. The number of aldehydes is 1. The fourth-order valence-electron chi connectivity index (χ4n) is 1.82. The van der Waals surface area contributed by atoms with Gasteiger partial charge in [0, 0.05) is 10.9 Å². The van der Waals surface area contributed by atoms with E-state index in [-0.39, 0.29) is 11.6 Å². The Morgan fingerprint density at radius 3 is 2.83 bits per heavy atom. The van der Waals surface area contributed by atoms with Crippen LogP contribution in [-0.4, -0.2) is 11.3 Å². The Kier molecular flexibility index (Phi) is 2.41. The molecule has 0 aliphatic carbocycles. The van der Waals surface area contributed by atoms with Crippen LogP contribution in [0.25, 0.3) is 22.2 Å². The molecular weight excluding hydrogens is 233 g/mol. The van der Waals surface area contributed by atoms with Gasteiger partial charge in [0.05, 0.1) is 11.7 Å². The van der Waals surface area contributed by atoms with Crippen molar-refractivity contribution in [3.8, 4) is 11.3 Å². The van der Waals surface area contributed by atoms with E-state index in [0.29, 0.717) is 17.6 Å². The fraction of sp³-hybridized carbons (Fsp3) is 0. The van der Waals surface area contributed by atoms with Crippen molar-refractivity contribution in [2.75, 3.05) is 0 Å². The summed E-state index contributed by atoms with van der Waals surface area (Å²) in [6.07, 6.45) is 1.82. The number of carbonyl (C=O) groups is 1. The molecule has 0 spiro atoms. The van der Waals surface area contributed by atoms with Gasteiger partial charge in [0.15, 0.2) is 12.0 Å². The van der Waals surface area contributed by atoms with Crippen LogP contribution in [0.4, 0.5) is 4.39 Å². The highest BCUT2D eigenvalue weighted by molar-refractivity contribution is 5.83. The molecular formula is C14H8FNO2. The summed E-state index contributed by atoms with van der Waals surface area (Å²) >= 11 is 0. The number of benzene rings is 1. The third kappa shape index (κ3) is 1.78. The lowest BCUT2D eigenvalue weighted by molar-refractivity contribution is 0.110. The Hall–Kier alpha value is -2.49. The molecule has 3 aromatic rings. The van der Waals surface area contributed by atoms with E-state index >= 15 is 0 Å². The Bertz CT molecular complexity index is 733. The highest BCUT2D eigenvalue weighted by atomic mass is 19.1. The molecule has 88 valence electrons. The molecule has 0 N–H and O–H groups in total. The summed E-state index contributed by atoms with van der Waals surface area (Å²) in [6.45, 7) is 0. The normalized spacial score (nSPS) is 10.7. The van der Waals surface area contributed by atoms with E-state index in [1.54, 1.807) is 30.3 Å². The molecule has 18 heavy (non-hydrogen) atoms. The molecule has 0 saturated carbocycles. The third-order valence-corrected chi connectivity index (χ3v) is 2.68. The maximum Gasteiger partial charge on any atom is 0.185 e. The van der Waals surface area contributed by atoms with E-state index in [1.807, 2.05) is 0 Å². The minimum atomic E-state index is -0.364. The van der Waals surface area contributed by atoms with Crippen molar-refractivity contribution >= 4 is 17.2 Å². The Labute approximate surface area is 102 Å². The molecule has 3 nitrogen and oxygen atoms in total. The largest absolute Gasteiger partial charge is 0.453 e. The zero-order valence-electron chi connectivity index (χ0n) is 9.26. The number of rotatable bonds is 2. The van der Waals surface area contributed by atoms with Crippen molar-refractivity contribution < 1.29 is 13.6 Å². The first kappa shape index (κ1) is 10.7. The molecule has 2 heterocycles. The molecule has 0 fully saturated rings. The predicted molar refractivity (Wildman–Crippen MR) is 64.8 cm³/mol. The predicted octanol–water partition coefficient (Wildman–Crippen LogP) is 3.45. The first-order valence-corrected chi connectivity index (χ1v) is 5.37. The molecule has 4 heteroatoms. The summed E-state index contributed by atoms with van der Waals surface area (Å²) < 4.78 is 18.3. The zero-order chi connectivity index (χ0) is 12.5. The topological polar surface area (TPSA) is 43.1 Å². The van der Waals surface area contributed by atoms with Crippen LogP contribution in [0.2, 0.25) is 0 Å². The summed E-state index contributed by atoms with van der Waals surface area (Å²) in [7, 11) is 0. The van der Waals surface area contributed by atoms with Gasteiger partial charge >= 0.3 is 0 Å². The van der Waals surface area contributed by atoms with Crippen molar-refractivity contribution in [1.82, 2.24) is 4.98 Å². The van der Waals surface area contributed by atoms with E-state index in [0.717, 1.165) is 10.9 Å². The van der Waals surface area contributed by atoms with Gasteiger partial charge in [0.2, 0.25) is 0 Å². The van der Waals surface area contributed by atoms with Crippen molar-refractivity contribution in [2.45, 2.75) is 0 Å². The SMILES string of the molecule is O=Cc1ccc(-c2ccc3cc(F)cnc3c2)o1. The van der Waals surface area contributed by atoms with Crippen LogP contribution in [0.1, 0.15) is 10.6 Å². The lowest BCUT2D eigenvalue weighted by Crippen LogP contribution is -1.83. The van der Waals surface area contributed by atoms with Crippen molar-refractivity contribution in [3.05, 3.63) is 54.2 Å². The molecule has 0 bridgehead atoms. The number of aromatic nitrogens is 1. The van der Waals surface area contributed by atoms with Gasteiger partial charge in [0.25, 0.3) is 0 Å². The second-order valence-electron chi connectivity index (χ2n) is 3.88. The summed E-state index contributed by atoms with van der Waals surface area (Å²) in [6, 6.07) is 10.1. The van der Waals surface area contributed by atoms with Crippen LogP contribution in [0, 0.1) is 5.82 Å². The highest BCUT2D eigenvalue weighted by Gasteiger charge is 2.06. The average molecular weight is 241 g/mol. The van der Waals surface area contributed by atoms with Gasteiger partial charge in [-0.3, -0.25) is 9.78 Å². The number of nitrogens with zero attached hydrogens (tertiary/aromatic N) is 1. The molecule has 1 aromatic carbocycles. The molecule has 0 unspecified atom stereocenters. The van der Waals surface area contributed by atoms with E-state index < -0.39 is 0 Å². The summed E-state index contributed by atoms with van der Waals surface area (Å²) in [5.41, 5.74) is 1.48. The molecule has 2 aromatic heterocycles. The number of hydrogen-bond donors (Lipinski definition) is 0. The lowest BCUT2D eigenvalue weighted by atomic mass is 10.1. The van der Waals surface area contributed by atoms with Gasteiger partial charge in [-0.1, -0.05) is 12.1 Å². The summed E-state index contributed by atoms with van der Waals surface area (Å²) in [5.74, 6) is 0.499. The van der Waals surface area contributed by atoms with Crippen LogP contribution in [0.5, 0.6) is 0 Å². The van der Waals surface area contributed by atoms with Crippen LogP contribution in [0.3, 0.4) is 0 Å². The molecule has 0 radical (unpaired) electrons. The molecule has 0 aliphatic heterocycles. The zero-order valence-corrected chi connectivity index (χ0v) is 9.26. The second kappa shape index (κ2) is 4.07. The van der Waals surface area contributed by atoms with Crippen LogP contribution in [-0.2, 0) is 0 Å². The maximum atomic E-state index is 13.0. The van der Waals surface area contributed by atoms with Crippen LogP contribution in [0.15, 0.2) is 47.0 Å². The van der Waals surface area contributed by atoms with Gasteiger partial charge in [-0.2, -0.15) is 0 Å². The molecule has 0 amide bonds. The smallest absolute Gasteiger partial charge is 0.185 e. The Balaban J connectivity index is 2.12. The maximum absolute atomic E-state index is 13.0. The number of pyridine rings is 1. The van der Waals surface area contributed by atoms with Gasteiger partial charge < -0.3 is 4.42 Å². The molecule has 0 aliphatic rings. The minimum absolute atomic E-state index is 0.275. The number of fused-ring (bicyclic) bond motifs is 1.